The van der Waals surface area contributed by atoms with Crippen LogP contribution in [0.15, 0.2) is 51.8 Å². The molecule has 0 unspecified atom stereocenters. The number of para-hydroxylation sites is 1. The first kappa shape index (κ1) is 10.2. The number of rotatable bonds is 2. The molecular formula is C11H9N3O2. The number of amides is 1. The fourth-order valence-corrected chi connectivity index (χ4v) is 1.27. The van der Waals surface area contributed by atoms with Crippen LogP contribution in [-0.4, -0.2) is 18.9 Å². The van der Waals surface area contributed by atoms with E-state index in [9.17, 15) is 4.79 Å². The van der Waals surface area contributed by atoms with Gasteiger partial charge in [-0.1, -0.05) is 12.1 Å². The number of nitrogens with zero attached hydrogens (tertiary/aromatic N) is 3. The molecule has 1 aliphatic heterocycles. The molecule has 80 valence electrons. The molecule has 1 aliphatic rings. The number of azo groups is 1. The van der Waals surface area contributed by atoms with Crippen LogP contribution in [0.25, 0.3) is 0 Å². The lowest BCUT2D eigenvalue weighted by Gasteiger charge is -2.03. The molecule has 5 heteroatoms. The highest BCUT2D eigenvalue weighted by molar-refractivity contribution is 6.08. The number of amidine groups is 1. The van der Waals surface area contributed by atoms with Crippen molar-refractivity contribution >= 4 is 11.7 Å². The fourth-order valence-electron chi connectivity index (χ4n) is 1.27. The second kappa shape index (κ2) is 4.48. The van der Waals surface area contributed by atoms with Crippen LogP contribution in [0.3, 0.4) is 0 Å². The average Bonchev–Trinajstić information content (AvgIpc) is 2.81. The number of carbonyl (C=O) groups is 1. The summed E-state index contributed by atoms with van der Waals surface area (Å²) in [5, 5.41) is 7.24. The number of benzene rings is 1. The third-order valence-electron chi connectivity index (χ3n) is 2.00. The molecule has 1 aromatic carbocycles. The van der Waals surface area contributed by atoms with Crippen molar-refractivity contribution < 1.29 is 9.53 Å². The van der Waals surface area contributed by atoms with E-state index in [0.29, 0.717) is 17.1 Å². The van der Waals surface area contributed by atoms with Crippen LogP contribution in [0.2, 0.25) is 0 Å². The SMILES string of the molecule is COc1ccccc1C(=O)/N=C1/C=CN=N1. The van der Waals surface area contributed by atoms with Crippen molar-refractivity contribution in [3.63, 3.8) is 0 Å². The quantitative estimate of drug-likeness (QED) is 0.759. The van der Waals surface area contributed by atoms with Crippen molar-refractivity contribution in [2.45, 2.75) is 0 Å². The van der Waals surface area contributed by atoms with E-state index in [-0.39, 0.29) is 0 Å². The van der Waals surface area contributed by atoms with Gasteiger partial charge >= 0.3 is 0 Å². The zero-order valence-corrected chi connectivity index (χ0v) is 8.62. The Hall–Kier alpha value is -2.30. The molecule has 0 radical (unpaired) electrons. The molecule has 1 aromatic rings. The summed E-state index contributed by atoms with van der Waals surface area (Å²) >= 11 is 0. The van der Waals surface area contributed by atoms with Crippen LogP contribution in [0.1, 0.15) is 10.4 Å². The van der Waals surface area contributed by atoms with Crippen molar-refractivity contribution in [1.29, 1.82) is 0 Å². The second-order valence-electron chi connectivity index (χ2n) is 3.01. The first-order chi connectivity index (χ1) is 7.81. The van der Waals surface area contributed by atoms with E-state index >= 15 is 0 Å². The minimum atomic E-state index is -0.391. The summed E-state index contributed by atoms with van der Waals surface area (Å²) in [6.07, 6.45) is 3.04. The van der Waals surface area contributed by atoms with E-state index < -0.39 is 5.91 Å². The summed E-state index contributed by atoms with van der Waals surface area (Å²) in [5.41, 5.74) is 0.410. The molecule has 0 atom stereocenters. The highest BCUT2D eigenvalue weighted by Gasteiger charge is 2.11. The third kappa shape index (κ3) is 2.03. The molecule has 0 aliphatic carbocycles. The van der Waals surface area contributed by atoms with Gasteiger partial charge < -0.3 is 4.74 Å². The molecule has 0 bridgehead atoms. The maximum absolute atomic E-state index is 11.8. The predicted octanol–water partition coefficient (Wildman–Crippen LogP) is 2.21. The molecule has 2 rings (SSSR count). The summed E-state index contributed by atoms with van der Waals surface area (Å²) in [6, 6.07) is 6.90. The predicted molar refractivity (Wildman–Crippen MR) is 58.8 cm³/mol. The largest absolute Gasteiger partial charge is 0.496 e. The lowest BCUT2D eigenvalue weighted by molar-refractivity contribution is 0.1000. The molecule has 1 heterocycles. The second-order valence-corrected chi connectivity index (χ2v) is 3.01. The standard InChI is InChI=1S/C11H9N3O2/c1-16-9-5-3-2-4-8(9)11(15)13-10-6-7-12-14-10/h2-7H,1H3/b13-10-. The molecule has 0 saturated heterocycles. The lowest BCUT2D eigenvalue weighted by Crippen LogP contribution is -2.01. The average molecular weight is 215 g/mol. The number of carbonyl (C=O) groups excluding carboxylic acids is 1. The van der Waals surface area contributed by atoms with Gasteiger partial charge in [0.15, 0.2) is 5.84 Å². The van der Waals surface area contributed by atoms with Gasteiger partial charge in [-0.2, -0.15) is 10.1 Å². The fraction of sp³-hybridized carbons (Fsp3) is 0.0909. The molecule has 0 saturated carbocycles. The summed E-state index contributed by atoms with van der Waals surface area (Å²) in [6.45, 7) is 0. The van der Waals surface area contributed by atoms with Crippen LogP contribution in [0, 0.1) is 0 Å². The Kier molecular flexibility index (Phi) is 2.86. The van der Waals surface area contributed by atoms with Crippen LogP contribution < -0.4 is 4.74 Å². The zero-order valence-electron chi connectivity index (χ0n) is 8.62. The van der Waals surface area contributed by atoms with Crippen molar-refractivity contribution in [3.05, 3.63) is 42.1 Å². The Morgan fingerprint density at radius 1 is 1.38 bits per heavy atom. The summed E-state index contributed by atoms with van der Waals surface area (Å²) in [5.74, 6) is 0.407. The summed E-state index contributed by atoms with van der Waals surface area (Å²) in [4.78, 5) is 15.6. The lowest BCUT2D eigenvalue weighted by atomic mass is 10.2. The molecule has 0 fully saturated rings. The van der Waals surface area contributed by atoms with E-state index in [1.54, 1.807) is 30.3 Å². The van der Waals surface area contributed by atoms with Crippen LogP contribution in [-0.2, 0) is 0 Å². The highest BCUT2D eigenvalue weighted by atomic mass is 16.5. The van der Waals surface area contributed by atoms with Gasteiger partial charge in [0.25, 0.3) is 5.91 Å². The molecule has 5 nitrogen and oxygen atoms in total. The first-order valence-electron chi connectivity index (χ1n) is 4.64. The zero-order chi connectivity index (χ0) is 11.4. The van der Waals surface area contributed by atoms with Gasteiger partial charge in [0.05, 0.1) is 18.9 Å². The number of hydrogen-bond donors (Lipinski definition) is 0. The van der Waals surface area contributed by atoms with Gasteiger partial charge in [-0.3, -0.25) is 4.79 Å². The van der Waals surface area contributed by atoms with Crippen molar-refractivity contribution in [3.8, 4) is 5.75 Å². The Bertz CT molecular complexity index is 490. The third-order valence-corrected chi connectivity index (χ3v) is 2.00. The topological polar surface area (TPSA) is 63.4 Å². The Balaban J connectivity index is 2.30. The van der Waals surface area contributed by atoms with Gasteiger partial charge in [0.1, 0.15) is 5.75 Å². The molecule has 1 amide bonds. The highest BCUT2D eigenvalue weighted by Crippen LogP contribution is 2.18. The van der Waals surface area contributed by atoms with E-state index in [1.165, 1.54) is 13.3 Å². The summed E-state index contributed by atoms with van der Waals surface area (Å²) in [7, 11) is 1.51. The van der Waals surface area contributed by atoms with Gasteiger partial charge in [0.2, 0.25) is 0 Å². The molecule has 0 N–H and O–H groups in total. The van der Waals surface area contributed by atoms with Gasteiger partial charge in [-0.25, -0.2) is 0 Å². The Labute approximate surface area is 92.2 Å². The molecule has 0 spiro atoms. The number of ether oxygens (including phenoxy) is 1. The van der Waals surface area contributed by atoms with Crippen LogP contribution >= 0.6 is 0 Å². The first-order valence-corrected chi connectivity index (χ1v) is 4.64. The van der Waals surface area contributed by atoms with E-state index in [4.69, 9.17) is 4.74 Å². The number of hydrogen-bond acceptors (Lipinski definition) is 3. The maximum atomic E-state index is 11.8. The molecular weight excluding hydrogens is 206 g/mol. The summed E-state index contributed by atoms with van der Waals surface area (Å²) < 4.78 is 5.07. The number of aliphatic imine (C=N–C) groups is 1. The Morgan fingerprint density at radius 3 is 2.88 bits per heavy atom. The Morgan fingerprint density at radius 2 is 2.19 bits per heavy atom. The normalized spacial score (nSPS) is 15.7. The van der Waals surface area contributed by atoms with E-state index in [1.807, 2.05) is 0 Å². The molecule has 16 heavy (non-hydrogen) atoms. The minimum absolute atomic E-state index is 0.302. The van der Waals surface area contributed by atoms with Crippen molar-refractivity contribution in [2.75, 3.05) is 7.11 Å². The van der Waals surface area contributed by atoms with E-state index in [0.717, 1.165) is 0 Å². The van der Waals surface area contributed by atoms with Gasteiger partial charge in [-0.15, -0.1) is 5.11 Å². The minimum Gasteiger partial charge on any atom is -0.496 e. The van der Waals surface area contributed by atoms with Gasteiger partial charge in [-0.05, 0) is 12.1 Å². The van der Waals surface area contributed by atoms with Gasteiger partial charge in [0, 0.05) is 6.08 Å². The van der Waals surface area contributed by atoms with Crippen LogP contribution in [0.5, 0.6) is 5.75 Å². The smallest absolute Gasteiger partial charge is 0.282 e. The van der Waals surface area contributed by atoms with Crippen LogP contribution in [0.4, 0.5) is 0 Å². The van der Waals surface area contributed by atoms with Crippen molar-refractivity contribution in [2.24, 2.45) is 15.2 Å². The maximum Gasteiger partial charge on any atom is 0.282 e. The van der Waals surface area contributed by atoms with Crippen molar-refractivity contribution in [1.82, 2.24) is 0 Å². The number of methoxy groups -OCH3 is 1. The molecule has 0 aromatic heterocycles. The monoisotopic (exact) mass is 215 g/mol. The van der Waals surface area contributed by atoms with E-state index in [2.05, 4.69) is 15.2 Å².